The zero-order valence-corrected chi connectivity index (χ0v) is 17.1. The Hall–Kier alpha value is -2.45. The lowest BCUT2D eigenvalue weighted by molar-refractivity contribution is -0.147. The van der Waals surface area contributed by atoms with Gasteiger partial charge in [-0.2, -0.15) is 0 Å². The molecule has 1 saturated carbocycles. The highest BCUT2D eigenvalue weighted by Gasteiger charge is 2.46. The first-order valence-electron chi connectivity index (χ1n) is 9.72. The predicted octanol–water partition coefficient (Wildman–Crippen LogP) is 1.02. The highest BCUT2D eigenvalue weighted by molar-refractivity contribution is 5.90. The number of carbonyl (C=O) groups is 3. The maximum Gasteiger partial charge on any atom is 0.302 e. The normalized spacial score (nSPS) is 23.4. The van der Waals surface area contributed by atoms with Crippen LogP contribution in [-0.4, -0.2) is 63.4 Å². The number of likely N-dealkylation sites (tertiary alicyclic amines) is 1. The van der Waals surface area contributed by atoms with E-state index >= 15 is 0 Å². The Bertz CT molecular complexity index is 765. The van der Waals surface area contributed by atoms with Gasteiger partial charge < -0.3 is 15.0 Å². The van der Waals surface area contributed by atoms with E-state index in [1.165, 1.54) is 18.9 Å². The number of carbonyl (C=O) groups excluding carboxylic acids is 3. The summed E-state index contributed by atoms with van der Waals surface area (Å²) < 4.78 is 6.90. The molecule has 0 radical (unpaired) electrons. The van der Waals surface area contributed by atoms with Gasteiger partial charge in [0.05, 0.1) is 12.2 Å². The summed E-state index contributed by atoms with van der Waals surface area (Å²) in [6.45, 7) is 7.40. The molecule has 1 aromatic heterocycles. The van der Waals surface area contributed by atoms with Crippen molar-refractivity contribution in [3.8, 4) is 0 Å². The van der Waals surface area contributed by atoms with E-state index in [9.17, 15) is 14.4 Å². The van der Waals surface area contributed by atoms with E-state index in [0.717, 1.165) is 18.5 Å². The molecule has 1 aliphatic carbocycles. The molecule has 9 heteroatoms. The molecule has 2 aliphatic rings. The zero-order chi connectivity index (χ0) is 20.6. The van der Waals surface area contributed by atoms with Gasteiger partial charge in [0, 0.05) is 32.5 Å². The summed E-state index contributed by atoms with van der Waals surface area (Å²) in [7, 11) is 1.53. The Morgan fingerprint density at radius 3 is 2.50 bits per heavy atom. The Kier molecular flexibility index (Phi) is 5.45. The van der Waals surface area contributed by atoms with Crippen LogP contribution >= 0.6 is 0 Å². The van der Waals surface area contributed by atoms with Crippen LogP contribution < -0.4 is 5.32 Å². The number of hydrogen-bond acceptors (Lipinski definition) is 6. The molecule has 1 N–H and O–H groups in total. The van der Waals surface area contributed by atoms with Gasteiger partial charge in [0.15, 0.2) is 0 Å². The first kappa shape index (κ1) is 20.3. The second kappa shape index (κ2) is 7.52. The molecule has 28 heavy (non-hydrogen) atoms. The lowest BCUT2D eigenvalue weighted by atomic mass is 9.85. The summed E-state index contributed by atoms with van der Waals surface area (Å²) in [6, 6.07) is -1.30. The summed E-state index contributed by atoms with van der Waals surface area (Å²) in [4.78, 5) is 38.8. The minimum absolute atomic E-state index is 0.188. The molecule has 3 unspecified atom stereocenters. The van der Waals surface area contributed by atoms with Crippen LogP contribution in [0.5, 0.6) is 0 Å². The molecule has 1 saturated heterocycles. The third kappa shape index (κ3) is 4.18. The Morgan fingerprint density at radius 1 is 1.29 bits per heavy atom. The fourth-order valence-corrected chi connectivity index (χ4v) is 3.80. The van der Waals surface area contributed by atoms with E-state index in [2.05, 4.69) is 15.6 Å². The third-order valence-electron chi connectivity index (χ3n) is 5.27. The van der Waals surface area contributed by atoms with Crippen molar-refractivity contribution in [2.45, 2.75) is 71.1 Å². The van der Waals surface area contributed by atoms with Gasteiger partial charge in [0.2, 0.25) is 11.8 Å². The smallest absolute Gasteiger partial charge is 0.302 e. The van der Waals surface area contributed by atoms with Gasteiger partial charge in [-0.15, -0.1) is 5.10 Å². The second-order valence-electron chi connectivity index (χ2n) is 8.75. The average Bonchev–Trinajstić information content (AvgIpc) is 3.19. The SMILES string of the molecule is CNC(=O)C1CC(OC(C)=O)CN1C(=O)C(n1cc(C2CC2)nn1)C(C)(C)C. The summed E-state index contributed by atoms with van der Waals surface area (Å²) in [5.41, 5.74) is 0.461. The Morgan fingerprint density at radius 2 is 1.96 bits per heavy atom. The van der Waals surface area contributed by atoms with E-state index in [0.29, 0.717) is 5.92 Å². The number of nitrogens with zero attached hydrogens (tertiary/aromatic N) is 4. The number of amides is 2. The maximum absolute atomic E-state index is 13.6. The summed E-state index contributed by atoms with van der Waals surface area (Å²) >= 11 is 0. The highest BCUT2D eigenvalue weighted by Crippen LogP contribution is 2.40. The Balaban J connectivity index is 1.88. The third-order valence-corrected chi connectivity index (χ3v) is 5.27. The van der Waals surface area contributed by atoms with Crippen LogP contribution in [0.1, 0.15) is 64.6 Å². The van der Waals surface area contributed by atoms with Crippen molar-refractivity contribution < 1.29 is 19.1 Å². The molecule has 3 atom stereocenters. The van der Waals surface area contributed by atoms with E-state index in [4.69, 9.17) is 4.74 Å². The van der Waals surface area contributed by atoms with Gasteiger partial charge in [0.25, 0.3) is 0 Å². The van der Waals surface area contributed by atoms with Crippen LogP contribution in [0.3, 0.4) is 0 Å². The number of aromatic nitrogens is 3. The zero-order valence-electron chi connectivity index (χ0n) is 17.1. The van der Waals surface area contributed by atoms with E-state index in [-0.39, 0.29) is 24.8 Å². The van der Waals surface area contributed by atoms with Gasteiger partial charge in [-0.25, -0.2) is 4.68 Å². The largest absolute Gasteiger partial charge is 0.461 e. The number of esters is 1. The van der Waals surface area contributed by atoms with Gasteiger partial charge in [-0.05, 0) is 18.3 Å². The molecule has 1 aliphatic heterocycles. The molecule has 1 aromatic rings. The van der Waals surface area contributed by atoms with Crippen LogP contribution in [0.15, 0.2) is 6.20 Å². The average molecular weight is 391 g/mol. The fourth-order valence-electron chi connectivity index (χ4n) is 3.80. The summed E-state index contributed by atoms with van der Waals surface area (Å²) in [5, 5.41) is 11.1. The number of likely N-dealkylation sites (N-methyl/N-ethyl adjacent to an activating group) is 1. The topological polar surface area (TPSA) is 106 Å². The predicted molar refractivity (Wildman–Crippen MR) is 100 cm³/mol. The maximum atomic E-state index is 13.6. The van der Waals surface area contributed by atoms with Crippen molar-refractivity contribution in [1.82, 2.24) is 25.2 Å². The Labute approximate surface area is 164 Å². The van der Waals surface area contributed by atoms with Crippen LogP contribution in [-0.2, 0) is 19.1 Å². The van der Waals surface area contributed by atoms with Crippen molar-refractivity contribution in [2.75, 3.05) is 13.6 Å². The quantitative estimate of drug-likeness (QED) is 0.751. The van der Waals surface area contributed by atoms with Gasteiger partial charge in [-0.1, -0.05) is 26.0 Å². The molecule has 3 rings (SSSR count). The molecular formula is C19H29N5O4. The lowest BCUT2D eigenvalue weighted by Gasteiger charge is -2.34. The second-order valence-corrected chi connectivity index (χ2v) is 8.75. The van der Waals surface area contributed by atoms with Gasteiger partial charge in [-0.3, -0.25) is 14.4 Å². The standard InChI is InChI=1S/C19H29N5O4/c1-11(25)28-13-8-15(17(26)20-5)23(9-13)18(27)16(19(2,3)4)24-10-14(21-22-24)12-6-7-12/h10,12-13,15-16H,6-9H2,1-5H3,(H,20,26). The van der Waals surface area contributed by atoms with Crippen molar-refractivity contribution in [3.05, 3.63) is 11.9 Å². The molecule has 154 valence electrons. The molecule has 0 bridgehead atoms. The van der Waals surface area contributed by atoms with Crippen LogP contribution in [0.25, 0.3) is 0 Å². The van der Waals surface area contributed by atoms with Gasteiger partial charge >= 0.3 is 5.97 Å². The van der Waals surface area contributed by atoms with Crippen molar-refractivity contribution in [1.29, 1.82) is 0 Å². The van der Waals surface area contributed by atoms with E-state index in [1.54, 1.807) is 4.68 Å². The minimum Gasteiger partial charge on any atom is -0.461 e. The molecule has 2 heterocycles. The van der Waals surface area contributed by atoms with Crippen LogP contribution in [0.4, 0.5) is 0 Å². The molecule has 0 spiro atoms. The van der Waals surface area contributed by atoms with Crippen LogP contribution in [0.2, 0.25) is 0 Å². The van der Waals surface area contributed by atoms with Crippen LogP contribution in [0, 0.1) is 5.41 Å². The fraction of sp³-hybridized carbons (Fsp3) is 0.737. The number of hydrogen-bond donors (Lipinski definition) is 1. The number of ether oxygens (including phenoxy) is 1. The van der Waals surface area contributed by atoms with Crippen molar-refractivity contribution in [3.63, 3.8) is 0 Å². The van der Waals surface area contributed by atoms with Crippen molar-refractivity contribution in [2.24, 2.45) is 5.41 Å². The molecule has 2 amide bonds. The monoisotopic (exact) mass is 391 g/mol. The van der Waals surface area contributed by atoms with E-state index in [1.807, 2.05) is 27.0 Å². The van der Waals surface area contributed by atoms with Gasteiger partial charge in [0.1, 0.15) is 18.2 Å². The number of rotatable bonds is 5. The molecular weight excluding hydrogens is 362 g/mol. The molecule has 2 fully saturated rings. The molecule has 0 aromatic carbocycles. The lowest BCUT2D eigenvalue weighted by Crippen LogP contribution is -2.49. The van der Waals surface area contributed by atoms with E-state index < -0.39 is 29.6 Å². The minimum atomic E-state index is -0.682. The van der Waals surface area contributed by atoms with Crippen molar-refractivity contribution >= 4 is 17.8 Å². The highest BCUT2D eigenvalue weighted by atomic mass is 16.5. The first-order chi connectivity index (χ1) is 13.1. The molecule has 9 nitrogen and oxygen atoms in total. The number of nitrogens with one attached hydrogen (secondary N) is 1. The summed E-state index contributed by atoms with van der Waals surface area (Å²) in [6.07, 6.45) is 3.83. The first-order valence-corrected chi connectivity index (χ1v) is 9.72. The summed E-state index contributed by atoms with van der Waals surface area (Å²) in [5.74, 6) is -0.480.